The number of hydrogen-bond donors (Lipinski definition) is 1. The standard InChI is InChI=1S/C17H29N3O3/c1-5-13(22-12-9-7-6-8-10-12)15(21)18-11-14-19-16(23-20-14)17(2,3)4/h12-13H,5-11H2,1-4H3,(H,18,21)/t13-/m0/s1. The highest BCUT2D eigenvalue weighted by Crippen LogP contribution is 2.22. The zero-order valence-electron chi connectivity index (χ0n) is 14.7. The molecule has 1 aromatic rings. The van der Waals surface area contributed by atoms with Crippen LogP contribution in [0.5, 0.6) is 0 Å². The van der Waals surface area contributed by atoms with Gasteiger partial charge in [0, 0.05) is 5.41 Å². The third-order valence-corrected chi connectivity index (χ3v) is 4.10. The van der Waals surface area contributed by atoms with Crippen LogP contribution in [0.2, 0.25) is 0 Å². The zero-order valence-corrected chi connectivity index (χ0v) is 14.7. The van der Waals surface area contributed by atoms with Crippen molar-refractivity contribution in [1.82, 2.24) is 15.5 Å². The molecule has 1 fully saturated rings. The number of aromatic nitrogens is 2. The van der Waals surface area contributed by atoms with Gasteiger partial charge in [0.05, 0.1) is 12.6 Å². The highest BCUT2D eigenvalue weighted by Gasteiger charge is 2.25. The second-order valence-corrected chi connectivity index (χ2v) is 7.28. The Morgan fingerprint density at radius 3 is 2.61 bits per heavy atom. The van der Waals surface area contributed by atoms with E-state index in [4.69, 9.17) is 9.26 Å². The zero-order chi connectivity index (χ0) is 16.9. The summed E-state index contributed by atoms with van der Waals surface area (Å²) in [6, 6.07) is 0. The summed E-state index contributed by atoms with van der Waals surface area (Å²) >= 11 is 0. The molecule has 6 heteroatoms. The molecule has 1 aliphatic rings. The quantitative estimate of drug-likeness (QED) is 0.870. The van der Waals surface area contributed by atoms with E-state index >= 15 is 0 Å². The normalized spacial score (nSPS) is 17.9. The summed E-state index contributed by atoms with van der Waals surface area (Å²) in [5, 5.41) is 6.77. The van der Waals surface area contributed by atoms with Gasteiger partial charge in [-0.2, -0.15) is 4.98 Å². The van der Waals surface area contributed by atoms with E-state index in [1.54, 1.807) is 0 Å². The summed E-state index contributed by atoms with van der Waals surface area (Å²) in [6.07, 6.45) is 6.28. The van der Waals surface area contributed by atoms with Crippen LogP contribution < -0.4 is 5.32 Å². The predicted molar refractivity (Wildman–Crippen MR) is 86.9 cm³/mol. The minimum atomic E-state index is -0.396. The SMILES string of the molecule is CC[C@H](OC1CCCCC1)C(=O)NCc1noc(C(C)(C)C)n1. The van der Waals surface area contributed by atoms with Gasteiger partial charge in [0.2, 0.25) is 11.8 Å². The first-order valence-corrected chi connectivity index (χ1v) is 8.66. The van der Waals surface area contributed by atoms with Crippen LogP contribution in [-0.4, -0.2) is 28.3 Å². The maximum atomic E-state index is 12.3. The molecule has 23 heavy (non-hydrogen) atoms. The Morgan fingerprint density at radius 2 is 2.04 bits per heavy atom. The molecule has 0 spiro atoms. The van der Waals surface area contributed by atoms with Crippen molar-refractivity contribution in [3.05, 3.63) is 11.7 Å². The van der Waals surface area contributed by atoms with E-state index in [1.165, 1.54) is 19.3 Å². The van der Waals surface area contributed by atoms with E-state index in [1.807, 2.05) is 27.7 Å². The molecule has 0 saturated heterocycles. The topological polar surface area (TPSA) is 77.2 Å². The van der Waals surface area contributed by atoms with Crippen LogP contribution in [0.4, 0.5) is 0 Å². The van der Waals surface area contributed by atoms with Gasteiger partial charge in [-0.1, -0.05) is 52.1 Å². The molecule has 0 radical (unpaired) electrons. The molecule has 1 atom stereocenters. The van der Waals surface area contributed by atoms with Crippen LogP contribution in [0, 0.1) is 0 Å². The lowest BCUT2D eigenvalue weighted by molar-refractivity contribution is -0.138. The first-order valence-electron chi connectivity index (χ1n) is 8.66. The number of rotatable bonds is 6. The fourth-order valence-corrected chi connectivity index (χ4v) is 2.69. The van der Waals surface area contributed by atoms with Crippen molar-refractivity contribution < 1.29 is 14.1 Å². The van der Waals surface area contributed by atoms with Gasteiger partial charge >= 0.3 is 0 Å². The summed E-state index contributed by atoms with van der Waals surface area (Å²) in [4.78, 5) is 16.6. The lowest BCUT2D eigenvalue weighted by Crippen LogP contribution is -2.38. The molecule has 1 N–H and O–H groups in total. The number of nitrogens with zero attached hydrogens (tertiary/aromatic N) is 2. The molecule has 0 unspecified atom stereocenters. The molecule has 6 nitrogen and oxygen atoms in total. The van der Waals surface area contributed by atoms with Gasteiger partial charge in [0.25, 0.3) is 0 Å². The second-order valence-electron chi connectivity index (χ2n) is 7.28. The van der Waals surface area contributed by atoms with Gasteiger partial charge < -0.3 is 14.6 Å². The Balaban J connectivity index is 1.83. The molecule has 1 aliphatic carbocycles. The Bertz CT molecular complexity index is 501. The summed E-state index contributed by atoms with van der Waals surface area (Å²) in [6.45, 7) is 8.26. The largest absolute Gasteiger partial charge is 0.365 e. The Hall–Kier alpha value is -1.43. The Morgan fingerprint density at radius 1 is 1.35 bits per heavy atom. The summed E-state index contributed by atoms with van der Waals surface area (Å²) in [5.41, 5.74) is -0.189. The van der Waals surface area contributed by atoms with E-state index in [2.05, 4.69) is 15.5 Å². The predicted octanol–water partition coefficient (Wildman–Crippen LogP) is 3.11. The lowest BCUT2D eigenvalue weighted by Gasteiger charge is -2.26. The monoisotopic (exact) mass is 323 g/mol. The molecule has 1 heterocycles. The van der Waals surface area contributed by atoms with Crippen LogP contribution in [0.25, 0.3) is 0 Å². The molecular formula is C17H29N3O3. The second kappa shape index (κ2) is 7.90. The molecule has 2 rings (SSSR count). The van der Waals surface area contributed by atoms with Crippen molar-refractivity contribution in [3.8, 4) is 0 Å². The van der Waals surface area contributed by atoms with E-state index < -0.39 is 6.10 Å². The van der Waals surface area contributed by atoms with E-state index in [9.17, 15) is 4.79 Å². The number of hydrogen-bond acceptors (Lipinski definition) is 5. The number of carbonyl (C=O) groups is 1. The maximum absolute atomic E-state index is 12.3. The van der Waals surface area contributed by atoms with Crippen LogP contribution >= 0.6 is 0 Å². The number of amides is 1. The van der Waals surface area contributed by atoms with Gasteiger partial charge in [-0.15, -0.1) is 0 Å². The van der Waals surface area contributed by atoms with Crippen LogP contribution in [0.1, 0.15) is 77.9 Å². The molecule has 1 amide bonds. The van der Waals surface area contributed by atoms with Crippen LogP contribution in [0.3, 0.4) is 0 Å². The van der Waals surface area contributed by atoms with Gasteiger partial charge in [-0.3, -0.25) is 4.79 Å². The fraction of sp³-hybridized carbons (Fsp3) is 0.824. The Kier molecular flexibility index (Phi) is 6.16. The van der Waals surface area contributed by atoms with Crippen LogP contribution in [-0.2, 0) is 21.5 Å². The van der Waals surface area contributed by atoms with Crippen molar-refractivity contribution in [1.29, 1.82) is 0 Å². The number of nitrogens with one attached hydrogen (secondary N) is 1. The van der Waals surface area contributed by atoms with Gasteiger partial charge in [0.15, 0.2) is 5.82 Å². The molecule has 0 aliphatic heterocycles. The van der Waals surface area contributed by atoms with Gasteiger partial charge in [-0.25, -0.2) is 0 Å². The molecule has 0 aromatic carbocycles. The van der Waals surface area contributed by atoms with Gasteiger partial charge in [-0.05, 0) is 19.3 Å². The third kappa shape index (κ3) is 5.30. The van der Waals surface area contributed by atoms with Crippen LogP contribution in [0.15, 0.2) is 4.52 Å². The van der Waals surface area contributed by atoms with Crippen molar-refractivity contribution >= 4 is 5.91 Å². The minimum absolute atomic E-state index is 0.0971. The first-order chi connectivity index (χ1) is 10.9. The van der Waals surface area contributed by atoms with Crippen molar-refractivity contribution in [2.24, 2.45) is 0 Å². The Labute approximate surface area is 138 Å². The number of carbonyl (C=O) groups excluding carboxylic acids is 1. The smallest absolute Gasteiger partial charge is 0.249 e. The highest BCUT2D eigenvalue weighted by atomic mass is 16.5. The average Bonchev–Trinajstić information content (AvgIpc) is 3.00. The average molecular weight is 323 g/mol. The summed E-state index contributed by atoms with van der Waals surface area (Å²) < 4.78 is 11.2. The van der Waals surface area contributed by atoms with E-state index in [-0.39, 0.29) is 24.0 Å². The molecule has 0 bridgehead atoms. The van der Waals surface area contributed by atoms with E-state index in [0.29, 0.717) is 18.1 Å². The van der Waals surface area contributed by atoms with Gasteiger partial charge in [0.1, 0.15) is 6.10 Å². The fourth-order valence-electron chi connectivity index (χ4n) is 2.69. The lowest BCUT2D eigenvalue weighted by atomic mass is 9.97. The third-order valence-electron chi connectivity index (χ3n) is 4.10. The first kappa shape index (κ1) is 17.9. The maximum Gasteiger partial charge on any atom is 0.249 e. The molecule has 130 valence electrons. The number of ether oxygens (including phenoxy) is 1. The minimum Gasteiger partial charge on any atom is -0.365 e. The molecule has 1 saturated carbocycles. The molecular weight excluding hydrogens is 294 g/mol. The highest BCUT2D eigenvalue weighted by molar-refractivity contribution is 5.80. The van der Waals surface area contributed by atoms with Crippen molar-refractivity contribution in [2.45, 2.75) is 90.4 Å². The molecule has 1 aromatic heterocycles. The van der Waals surface area contributed by atoms with E-state index in [0.717, 1.165) is 12.8 Å². The van der Waals surface area contributed by atoms with Crippen molar-refractivity contribution in [3.63, 3.8) is 0 Å². The summed E-state index contributed by atoms with van der Waals surface area (Å²) in [7, 11) is 0. The summed E-state index contributed by atoms with van der Waals surface area (Å²) in [5.74, 6) is 0.975. The van der Waals surface area contributed by atoms with Crippen molar-refractivity contribution in [2.75, 3.05) is 0 Å².